The first-order valence-corrected chi connectivity index (χ1v) is 28.1. The summed E-state index contributed by atoms with van der Waals surface area (Å²) in [6.07, 6.45) is 25.5. The lowest BCUT2D eigenvalue weighted by Crippen LogP contribution is -2.04. The maximum absolute atomic E-state index is 6.59. The SMILES string of the molecule is CCCCCCOc1cc(OCCCCCC)c2cc1-c1cn(nn1)Cc1ccc(cc1)Cn1cc(nn1)-c1cc(c(OCCCCCC)cc1OCCCCCC)-c1cn(nn1)Cc1ccc(cc1)Cn1cc-2nn1. The van der Waals surface area contributed by atoms with Crippen LogP contribution in [0.2, 0.25) is 0 Å². The van der Waals surface area contributed by atoms with Crippen LogP contribution in [0.4, 0.5) is 0 Å². The molecule has 4 aromatic heterocycles. The zero-order chi connectivity index (χ0) is 52.3. The highest BCUT2D eigenvalue weighted by molar-refractivity contribution is 5.80. The van der Waals surface area contributed by atoms with Crippen LogP contribution in [0.1, 0.15) is 153 Å². The summed E-state index contributed by atoms with van der Waals surface area (Å²) in [6, 6.07) is 25.2. The number of benzene rings is 4. The molecule has 0 spiro atoms. The van der Waals surface area contributed by atoms with E-state index in [-0.39, 0.29) is 0 Å². The van der Waals surface area contributed by atoms with Gasteiger partial charge in [-0.15, -0.1) is 20.4 Å². The number of nitrogens with zero attached hydrogens (tertiary/aromatic N) is 12. The third-order valence-corrected chi connectivity index (χ3v) is 13.9. The number of aromatic nitrogens is 12. The van der Waals surface area contributed by atoms with Crippen molar-refractivity contribution in [1.29, 1.82) is 0 Å². The van der Waals surface area contributed by atoms with Crippen LogP contribution >= 0.6 is 0 Å². The third kappa shape index (κ3) is 14.5. The van der Waals surface area contributed by atoms with Crippen LogP contribution in [-0.4, -0.2) is 86.4 Å². The fourth-order valence-electron chi connectivity index (χ4n) is 9.49. The fraction of sp³-hybridized carbons (Fsp3) is 0.467. The average molecular weight is 1030 g/mol. The molecule has 4 aromatic carbocycles. The van der Waals surface area contributed by atoms with Crippen molar-refractivity contribution in [3.05, 3.63) is 120 Å². The van der Waals surface area contributed by atoms with Crippen molar-refractivity contribution < 1.29 is 18.9 Å². The van der Waals surface area contributed by atoms with E-state index in [1.54, 1.807) is 0 Å². The Morgan fingerprint density at radius 3 is 0.776 bits per heavy atom. The molecule has 0 saturated carbocycles. The molecule has 0 radical (unpaired) electrons. The highest BCUT2D eigenvalue weighted by atomic mass is 16.5. The second kappa shape index (κ2) is 27.4. The van der Waals surface area contributed by atoms with Gasteiger partial charge >= 0.3 is 0 Å². The number of hydrogen-bond donors (Lipinski definition) is 0. The van der Waals surface area contributed by atoms with Crippen molar-refractivity contribution in [1.82, 2.24) is 60.0 Å². The van der Waals surface area contributed by atoms with Crippen LogP contribution in [0.5, 0.6) is 23.0 Å². The monoisotopic (exact) mass is 1030 g/mol. The molecule has 12 rings (SSSR count). The second-order valence-corrected chi connectivity index (χ2v) is 20.2. The fourth-order valence-corrected chi connectivity index (χ4v) is 9.49. The van der Waals surface area contributed by atoms with Gasteiger partial charge in [0, 0.05) is 34.4 Å². The van der Waals surface area contributed by atoms with Gasteiger partial charge in [0.2, 0.25) is 0 Å². The molecular formula is C60H76N12O4. The van der Waals surface area contributed by atoms with E-state index < -0.39 is 0 Å². The molecular weight excluding hydrogens is 953 g/mol. The Kier molecular flexibility index (Phi) is 19.3. The van der Waals surface area contributed by atoms with Crippen molar-refractivity contribution in [2.24, 2.45) is 0 Å². The molecule has 16 bridgehead atoms. The minimum atomic E-state index is 0.533. The summed E-state index contributed by atoms with van der Waals surface area (Å²) < 4.78 is 33.9. The Labute approximate surface area is 448 Å². The van der Waals surface area contributed by atoms with Gasteiger partial charge in [-0.05, 0) is 60.1 Å². The lowest BCUT2D eigenvalue weighted by Gasteiger charge is -2.16. The number of ether oxygens (including phenoxy) is 4. The quantitative estimate of drug-likeness (QED) is 0.0528. The van der Waals surface area contributed by atoms with Crippen LogP contribution < -0.4 is 18.9 Å². The Morgan fingerprint density at radius 2 is 0.553 bits per heavy atom. The molecule has 8 aromatic rings. The van der Waals surface area contributed by atoms with E-state index in [0.29, 0.717) is 98.4 Å². The van der Waals surface area contributed by atoms with Crippen LogP contribution in [0, 0.1) is 0 Å². The molecule has 4 aliphatic rings. The molecule has 0 unspecified atom stereocenters. The summed E-state index contributed by atoms with van der Waals surface area (Å²) in [6.45, 7) is 13.4. The van der Waals surface area contributed by atoms with Crippen molar-refractivity contribution >= 4 is 0 Å². The van der Waals surface area contributed by atoms with Gasteiger partial charge < -0.3 is 18.9 Å². The van der Waals surface area contributed by atoms with Crippen molar-refractivity contribution in [2.45, 2.75) is 157 Å². The first kappa shape index (κ1) is 53.5. The maximum atomic E-state index is 6.59. The Hall–Kier alpha value is -7.36. The Balaban J connectivity index is 1.07. The van der Waals surface area contributed by atoms with Gasteiger partial charge in [0.1, 0.15) is 45.8 Å². The molecule has 8 heterocycles. The summed E-state index contributed by atoms with van der Waals surface area (Å²) in [7, 11) is 0. The van der Waals surface area contributed by atoms with Crippen LogP contribution in [0.3, 0.4) is 0 Å². The Bertz CT molecular complexity index is 2630. The second-order valence-electron chi connectivity index (χ2n) is 20.2. The molecule has 0 saturated heterocycles. The molecule has 0 fully saturated rings. The maximum Gasteiger partial charge on any atom is 0.132 e. The molecule has 16 heteroatoms. The van der Waals surface area contributed by atoms with Gasteiger partial charge in [0.25, 0.3) is 0 Å². The van der Waals surface area contributed by atoms with Crippen molar-refractivity contribution in [3.8, 4) is 68.0 Å². The number of rotatable bonds is 24. The first-order chi connectivity index (χ1) is 37.5. The molecule has 76 heavy (non-hydrogen) atoms. The highest BCUT2D eigenvalue weighted by Gasteiger charge is 2.23. The number of unbranched alkanes of at least 4 members (excludes halogenated alkanes) is 12. The van der Waals surface area contributed by atoms with Gasteiger partial charge in [0.15, 0.2) is 0 Å². The van der Waals surface area contributed by atoms with E-state index in [0.717, 1.165) is 122 Å². The molecule has 0 N–H and O–H groups in total. The molecule has 0 atom stereocenters. The van der Waals surface area contributed by atoms with Crippen LogP contribution in [0.25, 0.3) is 45.0 Å². The van der Waals surface area contributed by atoms with Crippen molar-refractivity contribution in [3.63, 3.8) is 0 Å². The molecule has 0 aliphatic carbocycles. The lowest BCUT2D eigenvalue weighted by atomic mass is 10.0. The zero-order valence-corrected chi connectivity index (χ0v) is 45.2. The predicted molar refractivity (Wildman–Crippen MR) is 297 cm³/mol. The minimum Gasteiger partial charge on any atom is -0.493 e. The van der Waals surface area contributed by atoms with E-state index in [2.05, 4.69) is 109 Å². The lowest BCUT2D eigenvalue weighted by molar-refractivity contribution is 0.291. The van der Waals surface area contributed by atoms with E-state index in [9.17, 15) is 0 Å². The minimum absolute atomic E-state index is 0.533. The van der Waals surface area contributed by atoms with E-state index in [1.165, 1.54) is 25.7 Å². The van der Waals surface area contributed by atoms with Gasteiger partial charge in [-0.1, -0.05) is 174 Å². The molecule has 400 valence electrons. The predicted octanol–water partition coefficient (Wildman–Crippen LogP) is 13.1. The van der Waals surface area contributed by atoms with Crippen molar-refractivity contribution in [2.75, 3.05) is 26.4 Å². The van der Waals surface area contributed by atoms with E-state index in [1.807, 2.05) is 55.6 Å². The summed E-state index contributed by atoms with van der Waals surface area (Å²) in [5.41, 5.74) is 10.5. The van der Waals surface area contributed by atoms with E-state index >= 15 is 0 Å². The van der Waals surface area contributed by atoms with Crippen LogP contribution in [0.15, 0.2) is 97.6 Å². The normalized spacial score (nSPS) is 12.3. The van der Waals surface area contributed by atoms with Gasteiger partial charge in [0.05, 0.1) is 77.4 Å². The largest absolute Gasteiger partial charge is 0.493 e. The van der Waals surface area contributed by atoms with Gasteiger partial charge in [-0.25, -0.2) is 18.7 Å². The summed E-state index contributed by atoms with van der Waals surface area (Å²) >= 11 is 0. The topological polar surface area (TPSA) is 160 Å². The zero-order valence-electron chi connectivity index (χ0n) is 45.2. The van der Waals surface area contributed by atoms with Crippen LogP contribution in [-0.2, 0) is 26.2 Å². The van der Waals surface area contributed by atoms with Gasteiger partial charge in [-0.2, -0.15) is 0 Å². The number of hydrogen-bond acceptors (Lipinski definition) is 12. The van der Waals surface area contributed by atoms with E-state index in [4.69, 9.17) is 39.3 Å². The first-order valence-electron chi connectivity index (χ1n) is 28.1. The summed E-state index contributed by atoms with van der Waals surface area (Å²) in [5.74, 6) is 2.84. The molecule has 4 aliphatic heterocycles. The highest BCUT2D eigenvalue weighted by Crippen LogP contribution is 2.42. The smallest absolute Gasteiger partial charge is 0.132 e. The molecule has 0 amide bonds. The Morgan fingerprint density at radius 1 is 0.316 bits per heavy atom. The summed E-state index contributed by atoms with van der Waals surface area (Å²) in [4.78, 5) is 0. The molecule has 16 nitrogen and oxygen atoms in total. The standard InChI is InChI=1S/C60H76N12O4/c1-5-9-13-17-29-73-57-35-58(74-30-18-14-10-6-2)50-33-49(57)53-41-69(65-61-53)37-45-21-23-47(24-22-45)39-71-43-55(63-67-71)51-34-52(60(76-32-20-16-12-8-4)36-59(51)75-31-19-15-11-7-3)56-44-72(68-64-56)40-48-27-25-46(26-28-48)38-70-42-54(50)62-66-70/h21-28,33-36,41-44H,5-20,29-32,37-40H2,1-4H3. The van der Waals surface area contributed by atoms with Gasteiger partial charge in [-0.3, -0.25) is 0 Å². The summed E-state index contributed by atoms with van der Waals surface area (Å²) in [5, 5.41) is 37.4. The third-order valence-electron chi connectivity index (χ3n) is 13.9. The average Bonchev–Trinajstić information content (AvgIpc) is 4.29.